The van der Waals surface area contributed by atoms with Gasteiger partial charge in [-0.1, -0.05) is 24.3 Å². The SMILES string of the molecule is COc1ccc(C)cc1N(C(C)C(=O)N1CCc2ccccc21)S(C)(=O)=O. The number of methoxy groups -OCH3 is 1. The highest BCUT2D eigenvalue weighted by atomic mass is 32.2. The van der Waals surface area contributed by atoms with Gasteiger partial charge in [-0.2, -0.15) is 0 Å². The Morgan fingerprint density at radius 2 is 1.93 bits per heavy atom. The Labute approximate surface area is 160 Å². The third-order valence-electron chi connectivity index (χ3n) is 4.79. The van der Waals surface area contributed by atoms with Crippen molar-refractivity contribution in [3.8, 4) is 5.75 Å². The highest BCUT2D eigenvalue weighted by Gasteiger charge is 2.36. The van der Waals surface area contributed by atoms with Crippen molar-refractivity contribution in [1.82, 2.24) is 0 Å². The van der Waals surface area contributed by atoms with E-state index in [1.165, 1.54) is 7.11 Å². The molecule has 2 aromatic carbocycles. The third kappa shape index (κ3) is 3.64. The van der Waals surface area contributed by atoms with Crippen molar-refractivity contribution in [3.05, 3.63) is 53.6 Å². The van der Waals surface area contributed by atoms with Crippen molar-refractivity contribution in [2.75, 3.05) is 29.1 Å². The molecule has 6 nitrogen and oxygen atoms in total. The summed E-state index contributed by atoms with van der Waals surface area (Å²) in [6.45, 7) is 4.03. The van der Waals surface area contributed by atoms with E-state index in [2.05, 4.69) is 0 Å². The van der Waals surface area contributed by atoms with E-state index in [0.717, 1.165) is 33.8 Å². The monoisotopic (exact) mass is 388 g/mol. The van der Waals surface area contributed by atoms with Gasteiger partial charge in [-0.3, -0.25) is 9.10 Å². The molecule has 2 aromatic rings. The van der Waals surface area contributed by atoms with Crippen LogP contribution in [0.2, 0.25) is 0 Å². The Bertz CT molecular complexity index is 972. The van der Waals surface area contributed by atoms with E-state index in [-0.39, 0.29) is 5.91 Å². The maximum atomic E-state index is 13.2. The number of rotatable bonds is 5. The molecular formula is C20H24N2O4S. The van der Waals surface area contributed by atoms with E-state index < -0.39 is 16.1 Å². The third-order valence-corrected chi connectivity index (χ3v) is 6.02. The summed E-state index contributed by atoms with van der Waals surface area (Å²) in [6.07, 6.45) is 1.87. The second-order valence-electron chi connectivity index (χ2n) is 6.78. The summed E-state index contributed by atoms with van der Waals surface area (Å²) in [6, 6.07) is 12.1. The number of benzene rings is 2. The van der Waals surface area contributed by atoms with Gasteiger partial charge in [0.25, 0.3) is 5.91 Å². The van der Waals surface area contributed by atoms with Gasteiger partial charge in [0.15, 0.2) is 0 Å². The van der Waals surface area contributed by atoms with Crippen LogP contribution in [0.5, 0.6) is 5.75 Å². The summed E-state index contributed by atoms with van der Waals surface area (Å²) in [5.74, 6) is 0.154. The van der Waals surface area contributed by atoms with E-state index in [1.54, 1.807) is 24.0 Å². The van der Waals surface area contributed by atoms with Crippen molar-refractivity contribution in [3.63, 3.8) is 0 Å². The summed E-state index contributed by atoms with van der Waals surface area (Å²) in [5, 5.41) is 0. The van der Waals surface area contributed by atoms with Gasteiger partial charge in [0.2, 0.25) is 10.0 Å². The van der Waals surface area contributed by atoms with Gasteiger partial charge in [-0.05, 0) is 49.6 Å². The molecule has 0 fully saturated rings. The number of hydrogen-bond acceptors (Lipinski definition) is 4. The molecule has 7 heteroatoms. The van der Waals surface area contributed by atoms with Crippen molar-refractivity contribution >= 4 is 27.3 Å². The van der Waals surface area contributed by atoms with Gasteiger partial charge < -0.3 is 9.64 Å². The van der Waals surface area contributed by atoms with Crippen LogP contribution in [-0.4, -0.2) is 40.3 Å². The molecule has 1 aliphatic rings. The van der Waals surface area contributed by atoms with E-state index in [0.29, 0.717) is 18.0 Å². The van der Waals surface area contributed by atoms with Crippen molar-refractivity contribution in [1.29, 1.82) is 0 Å². The maximum Gasteiger partial charge on any atom is 0.250 e. The van der Waals surface area contributed by atoms with Crippen LogP contribution >= 0.6 is 0 Å². The molecule has 0 radical (unpaired) electrons. The second kappa shape index (κ2) is 7.23. The summed E-state index contributed by atoms with van der Waals surface area (Å²) in [4.78, 5) is 14.9. The lowest BCUT2D eigenvalue weighted by atomic mass is 10.1. The van der Waals surface area contributed by atoms with Crippen LogP contribution in [0.1, 0.15) is 18.1 Å². The molecule has 0 bridgehead atoms. The van der Waals surface area contributed by atoms with Gasteiger partial charge in [-0.15, -0.1) is 0 Å². The zero-order chi connectivity index (χ0) is 19.8. The van der Waals surface area contributed by atoms with Crippen LogP contribution in [0.3, 0.4) is 0 Å². The first kappa shape index (κ1) is 19.2. The number of fused-ring (bicyclic) bond motifs is 1. The van der Waals surface area contributed by atoms with Crippen LogP contribution in [0.4, 0.5) is 11.4 Å². The normalized spacial score (nSPS) is 14.6. The zero-order valence-corrected chi connectivity index (χ0v) is 16.8. The molecule has 1 aliphatic heterocycles. The maximum absolute atomic E-state index is 13.2. The number of aryl methyl sites for hydroxylation is 1. The van der Waals surface area contributed by atoms with Crippen LogP contribution in [0.25, 0.3) is 0 Å². The number of hydrogen-bond donors (Lipinski definition) is 0. The summed E-state index contributed by atoms with van der Waals surface area (Å²) in [5.41, 5.74) is 3.19. The molecule has 27 heavy (non-hydrogen) atoms. The number of amides is 1. The molecule has 3 rings (SSSR count). The Balaban J connectivity index is 2.02. The summed E-state index contributed by atoms with van der Waals surface area (Å²) in [7, 11) is -2.23. The standard InChI is InChI=1S/C20H24N2O4S/c1-14-9-10-19(26-3)18(13-14)22(27(4,24)25)15(2)20(23)21-12-11-16-7-5-6-8-17(16)21/h5-10,13,15H,11-12H2,1-4H3. The molecule has 0 aliphatic carbocycles. The molecular weight excluding hydrogens is 364 g/mol. The fourth-order valence-corrected chi connectivity index (χ4v) is 4.70. The fourth-order valence-electron chi connectivity index (χ4n) is 3.54. The van der Waals surface area contributed by atoms with Crippen LogP contribution in [0, 0.1) is 6.92 Å². The van der Waals surface area contributed by atoms with Gasteiger partial charge in [0.1, 0.15) is 11.8 Å². The average Bonchev–Trinajstić information content (AvgIpc) is 3.04. The Hall–Kier alpha value is -2.54. The number of para-hydroxylation sites is 1. The van der Waals surface area contributed by atoms with E-state index >= 15 is 0 Å². The van der Waals surface area contributed by atoms with E-state index in [9.17, 15) is 13.2 Å². The number of sulfonamides is 1. The molecule has 0 spiro atoms. The van der Waals surface area contributed by atoms with Gasteiger partial charge in [-0.25, -0.2) is 8.42 Å². The molecule has 0 N–H and O–H groups in total. The van der Waals surface area contributed by atoms with Crippen LogP contribution in [0.15, 0.2) is 42.5 Å². The zero-order valence-electron chi connectivity index (χ0n) is 16.0. The minimum atomic E-state index is -3.71. The first-order valence-electron chi connectivity index (χ1n) is 8.77. The fraction of sp³-hybridized carbons (Fsp3) is 0.350. The highest BCUT2D eigenvalue weighted by molar-refractivity contribution is 7.92. The van der Waals surface area contributed by atoms with Crippen LogP contribution in [-0.2, 0) is 21.2 Å². The molecule has 144 valence electrons. The highest BCUT2D eigenvalue weighted by Crippen LogP contribution is 2.34. The average molecular weight is 388 g/mol. The minimum absolute atomic E-state index is 0.256. The van der Waals surface area contributed by atoms with Gasteiger partial charge >= 0.3 is 0 Å². The van der Waals surface area contributed by atoms with E-state index in [1.807, 2.05) is 37.3 Å². The largest absolute Gasteiger partial charge is 0.495 e. The predicted octanol–water partition coefficient (Wildman–Crippen LogP) is 2.75. The number of carbonyl (C=O) groups is 1. The molecule has 1 amide bonds. The van der Waals surface area contributed by atoms with Crippen molar-refractivity contribution in [2.24, 2.45) is 0 Å². The molecule has 1 atom stereocenters. The smallest absolute Gasteiger partial charge is 0.250 e. The first-order chi connectivity index (χ1) is 12.7. The number of carbonyl (C=O) groups excluding carboxylic acids is 1. The molecule has 0 saturated heterocycles. The molecule has 1 heterocycles. The Kier molecular flexibility index (Phi) is 5.15. The predicted molar refractivity (Wildman–Crippen MR) is 107 cm³/mol. The number of nitrogens with zero attached hydrogens (tertiary/aromatic N) is 2. The van der Waals surface area contributed by atoms with Crippen molar-refractivity contribution in [2.45, 2.75) is 26.3 Å². The second-order valence-corrected chi connectivity index (χ2v) is 8.64. The van der Waals surface area contributed by atoms with Gasteiger partial charge in [0, 0.05) is 12.2 Å². The quantitative estimate of drug-likeness (QED) is 0.790. The molecule has 1 unspecified atom stereocenters. The van der Waals surface area contributed by atoms with Gasteiger partial charge in [0.05, 0.1) is 19.1 Å². The first-order valence-corrected chi connectivity index (χ1v) is 10.6. The number of anilines is 2. The molecule has 0 aromatic heterocycles. The minimum Gasteiger partial charge on any atom is -0.495 e. The number of ether oxygens (including phenoxy) is 1. The molecule has 0 saturated carbocycles. The van der Waals surface area contributed by atoms with Crippen molar-refractivity contribution < 1.29 is 17.9 Å². The topological polar surface area (TPSA) is 66.9 Å². The lowest BCUT2D eigenvalue weighted by molar-refractivity contribution is -0.119. The Morgan fingerprint density at radius 1 is 1.22 bits per heavy atom. The summed E-state index contributed by atoms with van der Waals surface area (Å²) < 4.78 is 31.7. The van der Waals surface area contributed by atoms with Crippen LogP contribution < -0.4 is 13.9 Å². The van der Waals surface area contributed by atoms with E-state index in [4.69, 9.17) is 4.74 Å². The lowest BCUT2D eigenvalue weighted by Gasteiger charge is -2.32. The lowest BCUT2D eigenvalue weighted by Crippen LogP contribution is -2.49. The summed E-state index contributed by atoms with van der Waals surface area (Å²) >= 11 is 0. The Morgan fingerprint density at radius 3 is 2.59 bits per heavy atom.